The summed E-state index contributed by atoms with van der Waals surface area (Å²) in [4.78, 5) is 22.8. The van der Waals surface area contributed by atoms with Crippen molar-refractivity contribution in [2.45, 2.75) is 25.8 Å². The highest BCUT2D eigenvalue weighted by Crippen LogP contribution is 2.25. The maximum absolute atomic E-state index is 12.9. The highest BCUT2D eigenvalue weighted by Gasteiger charge is 2.35. The van der Waals surface area contributed by atoms with Crippen LogP contribution in [0.25, 0.3) is 0 Å². The Balaban J connectivity index is 1.64. The molecule has 128 valence electrons. The zero-order valence-electron chi connectivity index (χ0n) is 14.2. The van der Waals surface area contributed by atoms with E-state index >= 15 is 0 Å². The molecule has 0 aliphatic carbocycles. The van der Waals surface area contributed by atoms with E-state index in [2.05, 4.69) is 16.8 Å². The number of piperazine rings is 1. The number of hydrogen-bond acceptors (Lipinski definition) is 5. The van der Waals surface area contributed by atoms with E-state index < -0.39 is 5.54 Å². The highest BCUT2D eigenvalue weighted by atomic mass is 32.1. The monoisotopic (exact) mass is 344 g/mol. The van der Waals surface area contributed by atoms with Crippen LogP contribution in [-0.4, -0.2) is 42.0 Å². The lowest BCUT2D eigenvalue weighted by Crippen LogP contribution is -2.56. The normalized spacial score (nSPS) is 17.6. The molecular formula is C18H24N4OS. The van der Waals surface area contributed by atoms with Crippen LogP contribution < -0.4 is 10.6 Å². The minimum atomic E-state index is -0.986. The van der Waals surface area contributed by atoms with Gasteiger partial charge in [-0.25, -0.2) is 4.98 Å². The molecule has 1 atom stereocenters. The van der Waals surface area contributed by atoms with Gasteiger partial charge in [-0.2, -0.15) is 0 Å². The van der Waals surface area contributed by atoms with Gasteiger partial charge in [0, 0.05) is 37.3 Å². The number of hydrogen-bond donors (Lipinski definition) is 1. The zero-order valence-corrected chi connectivity index (χ0v) is 15.1. The second-order valence-corrected chi connectivity index (χ2v) is 7.40. The molecule has 0 radical (unpaired) electrons. The molecule has 6 heteroatoms. The maximum atomic E-state index is 12.9. The van der Waals surface area contributed by atoms with Gasteiger partial charge in [0.15, 0.2) is 5.13 Å². The van der Waals surface area contributed by atoms with Crippen molar-refractivity contribution in [2.24, 2.45) is 5.73 Å². The number of aromatic nitrogens is 1. The summed E-state index contributed by atoms with van der Waals surface area (Å²) in [6, 6.07) is 9.59. The fourth-order valence-electron chi connectivity index (χ4n) is 2.94. The summed E-state index contributed by atoms with van der Waals surface area (Å²) in [7, 11) is 0. The van der Waals surface area contributed by atoms with Gasteiger partial charge in [-0.1, -0.05) is 37.3 Å². The second-order valence-electron chi connectivity index (χ2n) is 6.31. The fraction of sp³-hybridized carbons (Fsp3) is 0.444. The molecule has 24 heavy (non-hydrogen) atoms. The molecule has 3 rings (SSSR count). The van der Waals surface area contributed by atoms with Gasteiger partial charge in [0.25, 0.3) is 0 Å². The van der Waals surface area contributed by atoms with Gasteiger partial charge >= 0.3 is 0 Å². The van der Waals surface area contributed by atoms with E-state index in [1.807, 2.05) is 41.4 Å². The smallest absolute Gasteiger partial charge is 0.247 e. The Bertz CT molecular complexity index is 690. The predicted octanol–water partition coefficient (Wildman–Crippen LogP) is 2.23. The lowest BCUT2D eigenvalue weighted by Gasteiger charge is -2.38. The zero-order chi connectivity index (χ0) is 17.2. The van der Waals surface area contributed by atoms with E-state index in [0.29, 0.717) is 13.1 Å². The Morgan fingerprint density at radius 3 is 2.50 bits per heavy atom. The Hall–Kier alpha value is -1.92. The summed E-state index contributed by atoms with van der Waals surface area (Å²) in [5.74, 6) is -0.0123. The van der Waals surface area contributed by atoms with Gasteiger partial charge < -0.3 is 15.5 Å². The minimum Gasteiger partial charge on any atom is -0.345 e. The first-order valence-corrected chi connectivity index (χ1v) is 9.17. The predicted molar refractivity (Wildman–Crippen MR) is 98.3 cm³/mol. The number of carbonyl (C=O) groups excluding carboxylic acids is 1. The standard InChI is InChI=1S/C18H24N4OS/c1-3-15-13-20-17(24-15)22-11-9-21(10-12-22)16(23)18(2,19)14-7-5-4-6-8-14/h4-8,13H,3,9-12,19H2,1-2H3. The van der Waals surface area contributed by atoms with Gasteiger partial charge in [-0.3, -0.25) is 4.79 Å². The second kappa shape index (κ2) is 6.91. The largest absolute Gasteiger partial charge is 0.345 e. The Morgan fingerprint density at radius 1 is 1.25 bits per heavy atom. The number of nitrogens with zero attached hydrogens (tertiary/aromatic N) is 3. The number of rotatable bonds is 4. The Morgan fingerprint density at radius 2 is 1.92 bits per heavy atom. The van der Waals surface area contributed by atoms with Gasteiger partial charge in [-0.15, -0.1) is 11.3 Å². The number of anilines is 1. The molecule has 1 aliphatic heterocycles. The average Bonchev–Trinajstić information content (AvgIpc) is 3.11. The van der Waals surface area contributed by atoms with Gasteiger partial charge in [0.2, 0.25) is 5.91 Å². The van der Waals surface area contributed by atoms with Crippen LogP contribution in [0.2, 0.25) is 0 Å². The number of benzene rings is 1. The molecule has 1 amide bonds. The van der Waals surface area contributed by atoms with Crippen LogP contribution in [0.5, 0.6) is 0 Å². The molecule has 1 aromatic carbocycles. The van der Waals surface area contributed by atoms with E-state index in [-0.39, 0.29) is 5.91 Å². The topological polar surface area (TPSA) is 62.5 Å². The number of aryl methyl sites for hydroxylation is 1. The van der Waals surface area contributed by atoms with E-state index in [9.17, 15) is 4.79 Å². The van der Waals surface area contributed by atoms with Crippen LogP contribution in [0.15, 0.2) is 36.5 Å². The van der Waals surface area contributed by atoms with E-state index in [1.54, 1.807) is 18.3 Å². The van der Waals surface area contributed by atoms with Crippen LogP contribution in [0.1, 0.15) is 24.3 Å². The average molecular weight is 344 g/mol. The first-order chi connectivity index (χ1) is 11.5. The summed E-state index contributed by atoms with van der Waals surface area (Å²) >= 11 is 1.74. The van der Waals surface area contributed by atoms with Crippen LogP contribution >= 0.6 is 11.3 Å². The van der Waals surface area contributed by atoms with Crippen molar-refractivity contribution in [1.29, 1.82) is 0 Å². The number of nitrogens with two attached hydrogens (primary N) is 1. The molecule has 0 spiro atoms. The number of carbonyl (C=O) groups is 1. The third kappa shape index (κ3) is 3.30. The molecule has 2 aromatic rings. The van der Waals surface area contributed by atoms with Crippen LogP contribution in [0.4, 0.5) is 5.13 Å². The van der Waals surface area contributed by atoms with Crippen LogP contribution in [0.3, 0.4) is 0 Å². The molecule has 1 unspecified atom stereocenters. The van der Waals surface area contributed by atoms with Crippen molar-refractivity contribution in [3.63, 3.8) is 0 Å². The molecule has 5 nitrogen and oxygen atoms in total. The summed E-state index contributed by atoms with van der Waals surface area (Å²) in [5.41, 5.74) is 6.23. The molecular weight excluding hydrogens is 320 g/mol. The first kappa shape index (κ1) is 16.9. The van der Waals surface area contributed by atoms with Crippen molar-refractivity contribution in [1.82, 2.24) is 9.88 Å². The molecule has 1 aromatic heterocycles. The van der Waals surface area contributed by atoms with E-state index in [0.717, 1.165) is 30.2 Å². The number of thiazole rings is 1. The molecule has 2 N–H and O–H groups in total. The quantitative estimate of drug-likeness (QED) is 0.924. The van der Waals surface area contributed by atoms with Crippen molar-refractivity contribution in [3.05, 3.63) is 47.0 Å². The first-order valence-electron chi connectivity index (χ1n) is 8.35. The Kier molecular flexibility index (Phi) is 4.87. The van der Waals surface area contributed by atoms with Crippen molar-refractivity contribution >= 4 is 22.4 Å². The molecule has 1 fully saturated rings. The molecule has 2 heterocycles. The van der Waals surface area contributed by atoms with Crippen LogP contribution in [-0.2, 0) is 16.8 Å². The van der Waals surface area contributed by atoms with Gasteiger partial charge in [0.05, 0.1) is 0 Å². The van der Waals surface area contributed by atoms with E-state index in [4.69, 9.17) is 5.73 Å². The molecule has 0 saturated carbocycles. The SMILES string of the molecule is CCc1cnc(N2CCN(C(=O)C(C)(N)c3ccccc3)CC2)s1. The molecule has 1 saturated heterocycles. The molecule has 0 bridgehead atoms. The van der Waals surface area contributed by atoms with Crippen LogP contribution in [0, 0.1) is 0 Å². The summed E-state index contributed by atoms with van der Waals surface area (Å²) in [6.45, 7) is 6.89. The number of amides is 1. The molecule has 1 aliphatic rings. The lowest BCUT2D eigenvalue weighted by atomic mass is 9.91. The highest BCUT2D eigenvalue weighted by molar-refractivity contribution is 7.15. The summed E-state index contributed by atoms with van der Waals surface area (Å²) < 4.78 is 0. The third-order valence-corrected chi connectivity index (χ3v) is 5.75. The minimum absolute atomic E-state index is 0.0123. The maximum Gasteiger partial charge on any atom is 0.247 e. The fourth-order valence-corrected chi connectivity index (χ4v) is 3.85. The van der Waals surface area contributed by atoms with Crippen molar-refractivity contribution in [2.75, 3.05) is 31.1 Å². The van der Waals surface area contributed by atoms with Crippen molar-refractivity contribution < 1.29 is 4.79 Å². The van der Waals surface area contributed by atoms with Gasteiger partial charge in [-0.05, 0) is 18.9 Å². The van der Waals surface area contributed by atoms with Crippen molar-refractivity contribution in [3.8, 4) is 0 Å². The summed E-state index contributed by atoms with van der Waals surface area (Å²) in [6.07, 6.45) is 2.96. The third-order valence-electron chi connectivity index (χ3n) is 4.54. The van der Waals surface area contributed by atoms with Gasteiger partial charge in [0.1, 0.15) is 5.54 Å². The summed E-state index contributed by atoms with van der Waals surface area (Å²) in [5, 5.41) is 1.05. The van der Waals surface area contributed by atoms with E-state index in [1.165, 1.54) is 4.88 Å². The Labute approximate surface area is 147 Å². The lowest BCUT2D eigenvalue weighted by molar-refractivity contribution is -0.137.